The number of fused-ring (bicyclic) bond motifs is 3. The molecule has 1 spiro atoms. The Bertz CT molecular complexity index is 880. The van der Waals surface area contributed by atoms with Crippen LogP contribution in [0.4, 0.5) is 0 Å². The van der Waals surface area contributed by atoms with Crippen LogP contribution in [0.3, 0.4) is 0 Å². The number of benzene rings is 1. The predicted octanol–water partition coefficient (Wildman–Crippen LogP) is 2.50. The number of methoxy groups -OCH3 is 1. The van der Waals surface area contributed by atoms with E-state index in [9.17, 15) is 9.59 Å². The average Bonchev–Trinajstić information content (AvgIpc) is 2.78. The molecule has 0 aromatic heterocycles. The SMILES string of the molecule is COc1ccc2c(c1)O[C@@]1(C[C@H]3CC[C@H]1C[C@@H]3C(=O)N1CCN(C(C)C)CC1)NC2=O. The van der Waals surface area contributed by atoms with Crippen LogP contribution in [-0.2, 0) is 4.79 Å². The standard InChI is InChI=1S/C24H33N3O4/c1-15(2)26-8-10-27(11-9-26)23(29)20-12-17-5-4-16(20)14-24(17)25-22(28)19-7-6-18(30-3)13-21(19)31-24/h6-7,13,15-17,20H,4-5,8-12,14H2,1-3H3,(H,25,28)/t16-,17+,20+,24-/m1/s1. The number of rotatable bonds is 3. The topological polar surface area (TPSA) is 71.1 Å². The van der Waals surface area contributed by atoms with E-state index in [4.69, 9.17) is 9.47 Å². The van der Waals surface area contributed by atoms with Gasteiger partial charge < -0.3 is 19.7 Å². The van der Waals surface area contributed by atoms with Crippen LogP contribution in [0.5, 0.6) is 11.5 Å². The van der Waals surface area contributed by atoms with Crippen LogP contribution in [0.25, 0.3) is 0 Å². The number of amides is 2. The fourth-order valence-corrected chi connectivity index (χ4v) is 6.11. The fraction of sp³-hybridized carbons (Fsp3) is 0.667. The Morgan fingerprint density at radius 2 is 2.00 bits per heavy atom. The first-order valence-electron chi connectivity index (χ1n) is 11.6. The Labute approximate surface area is 184 Å². The molecular weight excluding hydrogens is 394 g/mol. The number of hydrogen-bond acceptors (Lipinski definition) is 5. The van der Waals surface area contributed by atoms with E-state index in [0.29, 0.717) is 35.4 Å². The van der Waals surface area contributed by atoms with Gasteiger partial charge in [0.2, 0.25) is 5.91 Å². The zero-order valence-corrected chi connectivity index (χ0v) is 18.7. The molecule has 3 saturated carbocycles. The highest BCUT2D eigenvalue weighted by Crippen LogP contribution is 2.53. The molecule has 2 amide bonds. The third-order valence-corrected chi connectivity index (χ3v) is 7.94. The first-order chi connectivity index (χ1) is 14.9. The minimum absolute atomic E-state index is 0.0437. The Kier molecular flexibility index (Phi) is 5.12. The summed E-state index contributed by atoms with van der Waals surface area (Å²) in [6, 6.07) is 5.85. The summed E-state index contributed by atoms with van der Waals surface area (Å²) in [5.41, 5.74) is -0.157. The average molecular weight is 428 g/mol. The minimum atomic E-state index is -0.702. The second kappa shape index (κ2) is 7.69. The lowest BCUT2D eigenvalue weighted by Gasteiger charge is -2.55. The molecule has 31 heavy (non-hydrogen) atoms. The first kappa shape index (κ1) is 20.6. The Morgan fingerprint density at radius 1 is 1.23 bits per heavy atom. The summed E-state index contributed by atoms with van der Waals surface area (Å²) in [5, 5.41) is 3.18. The molecule has 2 aliphatic heterocycles. The van der Waals surface area contributed by atoms with Gasteiger partial charge in [-0.05, 0) is 51.2 Å². The van der Waals surface area contributed by atoms with Crippen LogP contribution in [0.2, 0.25) is 0 Å². The highest BCUT2D eigenvalue weighted by Gasteiger charge is 2.57. The molecule has 168 valence electrons. The fourth-order valence-electron chi connectivity index (χ4n) is 6.11. The summed E-state index contributed by atoms with van der Waals surface area (Å²) in [7, 11) is 1.61. The van der Waals surface area contributed by atoms with Crippen LogP contribution in [0.15, 0.2) is 18.2 Å². The maximum absolute atomic E-state index is 13.4. The van der Waals surface area contributed by atoms with Gasteiger partial charge in [0.15, 0.2) is 5.72 Å². The lowest BCUT2D eigenvalue weighted by atomic mass is 9.59. The summed E-state index contributed by atoms with van der Waals surface area (Å²) >= 11 is 0. The van der Waals surface area contributed by atoms with E-state index in [1.165, 1.54) is 0 Å². The molecule has 6 rings (SSSR count). The zero-order valence-electron chi connectivity index (χ0n) is 18.7. The molecule has 7 nitrogen and oxygen atoms in total. The van der Waals surface area contributed by atoms with E-state index in [0.717, 1.165) is 45.4 Å². The van der Waals surface area contributed by atoms with E-state index < -0.39 is 5.72 Å². The first-order valence-corrected chi connectivity index (χ1v) is 11.6. The summed E-state index contributed by atoms with van der Waals surface area (Å²) in [5.74, 6) is 1.91. The van der Waals surface area contributed by atoms with E-state index in [2.05, 4.69) is 29.0 Å². The molecule has 2 heterocycles. The summed E-state index contributed by atoms with van der Waals surface area (Å²) in [6.45, 7) is 7.96. The summed E-state index contributed by atoms with van der Waals surface area (Å²) in [4.78, 5) is 30.8. The Hall–Kier alpha value is -2.28. The number of ether oxygens (including phenoxy) is 2. The molecule has 1 aromatic carbocycles. The third kappa shape index (κ3) is 3.47. The predicted molar refractivity (Wildman–Crippen MR) is 116 cm³/mol. The van der Waals surface area contributed by atoms with Gasteiger partial charge in [-0.2, -0.15) is 0 Å². The molecule has 2 bridgehead atoms. The monoisotopic (exact) mass is 427 g/mol. The second-order valence-corrected chi connectivity index (χ2v) is 9.84. The van der Waals surface area contributed by atoms with Gasteiger partial charge in [-0.1, -0.05) is 0 Å². The van der Waals surface area contributed by atoms with Crippen molar-refractivity contribution in [2.24, 2.45) is 17.8 Å². The molecule has 3 aliphatic carbocycles. The van der Waals surface area contributed by atoms with Crippen molar-refractivity contribution >= 4 is 11.8 Å². The van der Waals surface area contributed by atoms with Crippen molar-refractivity contribution in [1.29, 1.82) is 0 Å². The Balaban J connectivity index is 1.31. The number of piperazine rings is 1. The summed E-state index contributed by atoms with van der Waals surface area (Å²) in [6.07, 6.45) is 3.49. The second-order valence-electron chi connectivity index (χ2n) is 9.84. The van der Waals surface area contributed by atoms with Gasteiger partial charge in [-0.25, -0.2) is 0 Å². The molecule has 7 heteroatoms. The highest BCUT2D eigenvalue weighted by atomic mass is 16.5. The maximum atomic E-state index is 13.4. The van der Waals surface area contributed by atoms with Crippen LogP contribution in [0.1, 0.15) is 49.9 Å². The van der Waals surface area contributed by atoms with Crippen molar-refractivity contribution in [1.82, 2.24) is 15.1 Å². The molecule has 5 aliphatic rings. The van der Waals surface area contributed by atoms with E-state index in [-0.39, 0.29) is 23.7 Å². The number of nitrogens with one attached hydrogen (secondary N) is 1. The lowest BCUT2D eigenvalue weighted by molar-refractivity contribution is -0.157. The quantitative estimate of drug-likeness (QED) is 0.803. The maximum Gasteiger partial charge on any atom is 0.258 e. The molecule has 0 unspecified atom stereocenters. The number of hydrogen-bond donors (Lipinski definition) is 1. The van der Waals surface area contributed by atoms with Crippen molar-refractivity contribution < 1.29 is 19.1 Å². The molecular formula is C24H33N3O4. The van der Waals surface area contributed by atoms with Crippen molar-refractivity contribution in [2.45, 2.75) is 51.3 Å². The van der Waals surface area contributed by atoms with Gasteiger partial charge in [0.05, 0.1) is 12.7 Å². The summed E-state index contributed by atoms with van der Waals surface area (Å²) < 4.78 is 11.8. The third-order valence-electron chi connectivity index (χ3n) is 7.94. The normalized spacial score (nSPS) is 32.6. The highest BCUT2D eigenvalue weighted by molar-refractivity contribution is 5.98. The van der Waals surface area contributed by atoms with Gasteiger partial charge in [0.1, 0.15) is 11.5 Å². The Morgan fingerprint density at radius 3 is 2.65 bits per heavy atom. The van der Waals surface area contributed by atoms with Crippen LogP contribution in [-0.4, -0.2) is 66.7 Å². The van der Waals surface area contributed by atoms with Gasteiger partial charge in [0, 0.05) is 56.5 Å². The molecule has 1 saturated heterocycles. The van der Waals surface area contributed by atoms with Crippen LogP contribution < -0.4 is 14.8 Å². The van der Waals surface area contributed by atoms with Gasteiger partial charge >= 0.3 is 0 Å². The minimum Gasteiger partial charge on any atom is -0.497 e. The van der Waals surface area contributed by atoms with Crippen molar-refractivity contribution in [3.63, 3.8) is 0 Å². The number of carbonyl (C=O) groups is 2. The van der Waals surface area contributed by atoms with Crippen molar-refractivity contribution in [2.75, 3.05) is 33.3 Å². The van der Waals surface area contributed by atoms with Gasteiger partial charge in [-0.15, -0.1) is 0 Å². The van der Waals surface area contributed by atoms with E-state index in [1.54, 1.807) is 25.3 Å². The van der Waals surface area contributed by atoms with Crippen LogP contribution in [0, 0.1) is 17.8 Å². The zero-order chi connectivity index (χ0) is 21.8. The molecule has 4 fully saturated rings. The van der Waals surface area contributed by atoms with E-state index in [1.807, 2.05) is 0 Å². The molecule has 1 N–H and O–H groups in total. The molecule has 1 aromatic rings. The smallest absolute Gasteiger partial charge is 0.258 e. The van der Waals surface area contributed by atoms with Crippen molar-refractivity contribution in [3.8, 4) is 11.5 Å². The van der Waals surface area contributed by atoms with Gasteiger partial charge in [-0.3, -0.25) is 14.5 Å². The largest absolute Gasteiger partial charge is 0.497 e. The molecule has 0 radical (unpaired) electrons. The lowest BCUT2D eigenvalue weighted by Crippen LogP contribution is -2.67. The molecule has 4 atom stereocenters. The number of carbonyl (C=O) groups excluding carboxylic acids is 2. The van der Waals surface area contributed by atoms with Crippen LogP contribution >= 0.6 is 0 Å². The van der Waals surface area contributed by atoms with E-state index >= 15 is 0 Å². The van der Waals surface area contributed by atoms with Crippen molar-refractivity contribution in [3.05, 3.63) is 23.8 Å². The number of nitrogens with zero attached hydrogens (tertiary/aromatic N) is 2. The van der Waals surface area contributed by atoms with Gasteiger partial charge in [0.25, 0.3) is 5.91 Å².